The molecule has 1 aliphatic heterocycles. The van der Waals surface area contributed by atoms with E-state index in [-0.39, 0.29) is 11.3 Å². The molecule has 2 unspecified atom stereocenters. The minimum absolute atomic E-state index is 0.0314. The standard InChI is InChI=1S/C23H27N3O2/c1-2-28-20-15-19(23(20)11-6-12-23)25-21-17(8-5-13-24-21)22(27)26-14-10-16-7-3-4-9-18(16)26/h3-5,7-9,13,19-20H,2,6,10-12,14-15H2,1H3,(H,24,25). The fourth-order valence-corrected chi connectivity index (χ4v) is 5.19. The van der Waals surface area contributed by atoms with Gasteiger partial charge in [-0.05, 0) is 56.4 Å². The maximum absolute atomic E-state index is 13.4. The molecule has 1 spiro atoms. The summed E-state index contributed by atoms with van der Waals surface area (Å²) < 4.78 is 5.97. The summed E-state index contributed by atoms with van der Waals surface area (Å²) in [5.41, 5.74) is 3.15. The van der Waals surface area contributed by atoms with Crippen LogP contribution in [0, 0.1) is 5.41 Å². The van der Waals surface area contributed by atoms with Crippen molar-refractivity contribution in [3.05, 3.63) is 53.7 Å². The molecule has 0 radical (unpaired) electrons. The van der Waals surface area contributed by atoms with Crippen molar-refractivity contribution in [2.24, 2.45) is 5.41 Å². The van der Waals surface area contributed by atoms with Gasteiger partial charge in [0.05, 0.1) is 11.7 Å². The number of para-hydroxylation sites is 1. The zero-order valence-electron chi connectivity index (χ0n) is 16.4. The summed E-state index contributed by atoms with van der Waals surface area (Å²) in [4.78, 5) is 19.8. The monoisotopic (exact) mass is 377 g/mol. The zero-order chi connectivity index (χ0) is 19.1. The van der Waals surface area contributed by atoms with Gasteiger partial charge >= 0.3 is 0 Å². The average Bonchev–Trinajstić information content (AvgIpc) is 3.10. The smallest absolute Gasteiger partial charge is 0.262 e. The van der Waals surface area contributed by atoms with Gasteiger partial charge in [-0.3, -0.25) is 4.79 Å². The quantitative estimate of drug-likeness (QED) is 0.854. The lowest BCUT2D eigenvalue weighted by Crippen LogP contribution is -2.64. The van der Waals surface area contributed by atoms with E-state index in [1.165, 1.54) is 24.8 Å². The Morgan fingerprint density at radius 1 is 1.29 bits per heavy atom. The first-order chi connectivity index (χ1) is 13.7. The molecule has 2 aliphatic carbocycles. The fourth-order valence-electron chi connectivity index (χ4n) is 5.19. The van der Waals surface area contributed by atoms with Gasteiger partial charge in [0.15, 0.2) is 0 Å². The molecular formula is C23H27N3O2. The predicted molar refractivity (Wildman–Crippen MR) is 110 cm³/mol. The maximum Gasteiger partial charge on any atom is 0.262 e. The summed E-state index contributed by atoms with van der Waals surface area (Å²) in [5, 5.41) is 3.62. The van der Waals surface area contributed by atoms with Crippen molar-refractivity contribution in [3.8, 4) is 0 Å². The van der Waals surface area contributed by atoms with Crippen LogP contribution in [0.3, 0.4) is 0 Å². The molecule has 2 heterocycles. The number of hydrogen-bond acceptors (Lipinski definition) is 4. The molecule has 146 valence electrons. The van der Waals surface area contributed by atoms with Crippen LogP contribution in [0.1, 0.15) is 48.5 Å². The van der Waals surface area contributed by atoms with Crippen LogP contribution in [0.4, 0.5) is 11.5 Å². The van der Waals surface area contributed by atoms with E-state index in [0.29, 0.717) is 23.5 Å². The van der Waals surface area contributed by atoms with Gasteiger partial charge in [-0.15, -0.1) is 0 Å². The summed E-state index contributed by atoms with van der Waals surface area (Å²) in [6, 6.07) is 12.3. The Morgan fingerprint density at radius 2 is 2.14 bits per heavy atom. The van der Waals surface area contributed by atoms with Crippen LogP contribution in [0.25, 0.3) is 0 Å². The molecule has 5 rings (SSSR count). The molecule has 28 heavy (non-hydrogen) atoms. The molecule has 5 heteroatoms. The first-order valence-corrected chi connectivity index (χ1v) is 10.5. The number of carbonyl (C=O) groups excluding carboxylic acids is 1. The molecule has 3 aliphatic rings. The van der Waals surface area contributed by atoms with Gasteiger partial charge in [0, 0.05) is 36.5 Å². The third-order valence-corrected chi connectivity index (χ3v) is 6.92. The highest BCUT2D eigenvalue weighted by atomic mass is 16.5. The fraction of sp³-hybridized carbons (Fsp3) is 0.478. The molecule has 1 N–H and O–H groups in total. The molecule has 1 aromatic carbocycles. The van der Waals surface area contributed by atoms with Gasteiger partial charge in [-0.25, -0.2) is 4.98 Å². The number of amides is 1. The molecule has 1 aromatic heterocycles. The highest BCUT2D eigenvalue weighted by Crippen LogP contribution is 2.58. The molecule has 1 amide bonds. The van der Waals surface area contributed by atoms with E-state index in [1.54, 1.807) is 6.20 Å². The number of nitrogens with zero attached hydrogens (tertiary/aromatic N) is 2. The number of hydrogen-bond donors (Lipinski definition) is 1. The Kier molecular flexibility index (Phi) is 4.35. The van der Waals surface area contributed by atoms with E-state index in [4.69, 9.17) is 4.74 Å². The van der Waals surface area contributed by atoms with E-state index in [2.05, 4.69) is 23.3 Å². The van der Waals surface area contributed by atoms with Gasteiger partial charge in [-0.1, -0.05) is 24.6 Å². The molecule has 2 atom stereocenters. The van der Waals surface area contributed by atoms with Crippen molar-refractivity contribution >= 4 is 17.4 Å². The van der Waals surface area contributed by atoms with Gasteiger partial charge < -0.3 is 15.0 Å². The molecule has 0 bridgehead atoms. The highest BCUT2D eigenvalue weighted by Gasteiger charge is 2.59. The van der Waals surface area contributed by atoms with E-state index in [1.807, 2.05) is 35.2 Å². The summed E-state index contributed by atoms with van der Waals surface area (Å²) in [7, 11) is 0. The van der Waals surface area contributed by atoms with E-state index >= 15 is 0 Å². The number of fused-ring (bicyclic) bond motifs is 1. The summed E-state index contributed by atoms with van der Waals surface area (Å²) in [5.74, 6) is 0.743. The SMILES string of the molecule is CCOC1CC(Nc2ncccc2C(=O)N2CCc3ccccc32)C12CCC2. The van der Waals surface area contributed by atoms with Crippen LogP contribution in [-0.2, 0) is 11.2 Å². The summed E-state index contributed by atoms with van der Waals surface area (Å²) in [6.45, 7) is 3.56. The van der Waals surface area contributed by atoms with Crippen LogP contribution in [0.2, 0.25) is 0 Å². The Balaban J connectivity index is 1.38. The van der Waals surface area contributed by atoms with Crippen molar-refractivity contribution in [2.75, 3.05) is 23.4 Å². The number of benzene rings is 1. The Labute approximate surface area is 166 Å². The van der Waals surface area contributed by atoms with Crippen molar-refractivity contribution in [2.45, 2.75) is 51.2 Å². The Morgan fingerprint density at radius 3 is 2.93 bits per heavy atom. The van der Waals surface area contributed by atoms with Gasteiger partial charge in [0.25, 0.3) is 5.91 Å². The lowest BCUT2D eigenvalue weighted by molar-refractivity contribution is -0.157. The first kappa shape index (κ1) is 17.7. The third-order valence-electron chi connectivity index (χ3n) is 6.92. The number of carbonyl (C=O) groups is 1. The number of aromatic nitrogens is 1. The minimum Gasteiger partial charge on any atom is -0.378 e. The molecule has 5 nitrogen and oxygen atoms in total. The third kappa shape index (κ3) is 2.64. The number of ether oxygens (including phenoxy) is 1. The van der Waals surface area contributed by atoms with Gasteiger partial charge in [0.1, 0.15) is 5.82 Å². The number of pyridine rings is 1. The summed E-state index contributed by atoms with van der Waals surface area (Å²) >= 11 is 0. The second-order valence-electron chi connectivity index (χ2n) is 8.20. The first-order valence-electron chi connectivity index (χ1n) is 10.5. The number of anilines is 2. The summed E-state index contributed by atoms with van der Waals surface area (Å²) in [6.07, 6.45) is 7.67. The van der Waals surface area contributed by atoms with E-state index in [9.17, 15) is 4.79 Å². The zero-order valence-corrected chi connectivity index (χ0v) is 16.4. The van der Waals surface area contributed by atoms with Crippen LogP contribution in [-0.4, -0.2) is 36.2 Å². The molecule has 2 saturated carbocycles. The molecule has 2 aromatic rings. The maximum atomic E-state index is 13.4. The number of nitrogens with one attached hydrogen (secondary N) is 1. The van der Waals surface area contributed by atoms with Crippen LogP contribution in [0.5, 0.6) is 0 Å². The second kappa shape index (κ2) is 6.89. The topological polar surface area (TPSA) is 54.5 Å². The van der Waals surface area contributed by atoms with E-state index in [0.717, 1.165) is 31.7 Å². The van der Waals surface area contributed by atoms with Crippen molar-refractivity contribution in [3.63, 3.8) is 0 Å². The van der Waals surface area contributed by atoms with Crippen molar-refractivity contribution in [1.82, 2.24) is 4.98 Å². The van der Waals surface area contributed by atoms with Crippen LogP contribution in [0.15, 0.2) is 42.6 Å². The van der Waals surface area contributed by atoms with E-state index < -0.39 is 0 Å². The normalized spacial score (nSPS) is 24.4. The van der Waals surface area contributed by atoms with Gasteiger partial charge in [0.2, 0.25) is 0 Å². The lowest BCUT2D eigenvalue weighted by atomic mass is 9.51. The second-order valence-corrected chi connectivity index (χ2v) is 8.20. The highest BCUT2D eigenvalue weighted by molar-refractivity contribution is 6.10. The Hall–Kier alpha value is -2.40. The van der Waals surface area contributed by atoms with Gasteiger partial charge in [-0.2, -0.15) is 0 Å². The predicted octanol–water partition coefficient (Wildman–Crippen LogP) is 4.04. The van der Waals surface area contributed by atoms with Crippen LogP contribution >= 0.6 is 0 Å². The largest absolute Gasteiger partial charge is 0.378 e. The molecule has 0 saturated heterocycles. The van der Waals surface area contributed by atoms with Crippen molar-refractivity contribution in [1.29, 1.82) is 0 Å². The van der Waals surface area contributed by atoms with Crippen molar-refractivity contribution < 1.29 is 9.53 Å². The molecule has 2 fully saturated rings. The lowest BCUT2D eigenvalue weighted by Gasteiger charge is -2.61. The number of rotatable bonds is 5. The Bertz CT molecular complexity index is 893. The van der Waals surface area contributed by atoms with Crippen LogP contribution < -0.4 is 10.2 Å². The molecular weight excluding hydrogens is 350 g/mol. The minimum atomic E-state index is 0.0314. The average molecular weight is 377 g/mol.